The molecule has 16 rings (SSSR count). The van der Waals surface area contributed by atoms with E-state index in [2.05, 4.69) is 234 Å². The van der Waals surface area contributed by atoms with Crippen LogP contribution in [0.3, 0.4) is 0 Å². The molecule has 0 saturated carbocycles. The first-order chi connectivity index (χ1) is 37.2. The Balaban J connectivity index is 0.958. The molecule has 3 heterocycles. The van der Waals surface area contributed by atoms with Gasteiger partial charge in [0.1, 0.15) is 0 Å². The van der Waals surface area contributed by atoms with Gasteiger partial charge in [-0.05, 0) is 98.1 Å². The highest BCUT2D eigenvalue weighted by molar-refractivity contribution is 6.24. The lowest BCUT2D eigenvalue weighted by Crippen LogP contribution is -2.26. The Morgan fingerprint density at radius 1 is 0.253 bits per heavy atom. The van der Waals surface area contributed by atoms with Crippen molar-refractivity contribution in [1.82, 2.24) is 24.1 Å². The summed E-state index contributed by atoms with van der Waals surface area (Å²) in [4.78, 5) is 15.5. The van der Waals surface area contributed by atoms with Gasteiger partial charge < -0.3 is 9.13 Å². The third-order valence-corrected chi connectivity index (χ3v) is 16.0. The predicted molar refractivity (Wildman–Crippen MR) is 307 cm³/mol. The van der Waals surface area contributed by atoms with Crippen LogP contribution in [0.5, 0.6) is 0 Å². The Morgan fingerprint density at radius 2 is 0.640 bits per heavy atom. The molecule has 1 atom stereocenters. The van der Waals surface area contributed by atoms with E-state index in [0.29, 0.717) is 17.5 Å². The monoisotopic (exact) mass is 953 g/mol. The van der Waals surface area contributed by atoms with Crippen LogP contribution in [0.1, 0.15) is 22.3 Å². The van der Waals surface area contributed by atoms with Crippen molar-refractivity contribution in [2.24, 2.45) is 0 Å². The first-order valence-corrected chi connectivity index (χ1v) is 25.7. The SMILES string of the molecule is c1ccc(-c2ccc(-n3c4ccccc4c4ccc5c6ccccc6n(-c6ccc7c(c6)C6(c8ccccc8-c8ccc(-c9nc(-c%10ccccc%10)nc(-c%10ccccc%10)n9)cc86)c6ccccc6-7)c5c43)cc2)cc1. The van der Waals surface area contributed by atoms with Gasteiger partial charge in [-0.15, -0.1) is 0 Å². The van der Waals surface area contributed by atoms with Gasteiger partial charge in [0, 0.05) is 49.6 Å². The molecule has 0 N–H and O–H groups in total. The molecule has 5 heteroatoms. The van der Waals surface area contributed by atoms with Crippen molar-refractivity contribution in [1.29, 1.82) is 0 Å². The van der Waals surface area contributed by atoms with Crippen LogP contribution in [-0.2, 0) is 5.41 Å². The van der Waals surface area contributed by atoms with Crippen molar-refractivity contribution < 1.29 is 0 Å². The molecule has 14 aromatic rings. The van der Waals surface area contributed by atoms with Crippen LogP contribution < -0.4 is 0 Å². The summed E-state index contributed by atoms with van der Waals surface area (Å²) in [6, 6.07) is 94.8. The maximum absolute atomic E-state index is 5.24. The number of aromatic nitrogens is 5. The van der Waals surface area contributed by atoms with Crippen LogP contribution >= 0.6 is 0 Å². The van der Waals surface area contributed by atoms with E-state index in [0.717, 1.165) is 33.6 Å². The first kappa shape index (κ1) is 41.6. The van der Waals surface area contributed by atoms with Gasteiger partial charge in [0.05, 0.1) is 27.5 Å². The Hall–Kier alpha value is -9.97. The number of fused-ring (bicyclic) bond motifs is 17. The van der Waals surface area contributed by atoms with Gasteiger partial charge in [-0.2, -0.15) is 0 Å². The Bertz CT molecular complexity index is 4560. The number of para-hydroxylation sites is 2. The zero-order valence-electron chi connectivity index (χ0n) is 40.6. The van der Waals surface area contributed by atoms with Gasteiger partial charge in [0.15, 0.2) is 17.5 Å². The lowest BCUT2D eigenvalue weighted by Gasteiger charge is -2.31. The molecule has 2 aliphatic carbocycles. The van der Waals surface area contributed by atoms with Crippen molar-refractivity contribution in [2.75, 3.05) is 0 Å². The number of rotatable bonds is 6. The molecule has 11 aromatic carbocycles. The van der Waals surface area contributed by atoms with Crippen LogP contribution in [0.15, 0.2) is 261 Å². The van der Waals surface area contributed by atoms with Gasteiger partial charge in [0.25, 0.3) is 0 Å². The van der Waals surface area contributed by atoms with Crippen LogP contribution in [0.25, 0.3) is 123 Å². The quantitative estimate of drug-likeness (QED) is 0.167. The highest BCUT2D eigenvalue weighted by Crippen LogP contribution is 2.63. The summed E-state index contributed by atoms with van der Waals surface area (Å²) in [5, 5.41) is 4.87. The summed E-state index contributed by atoms with van der Waals surface area (Å²) in [5.41, 5.74) is 21.4. The van der Waals surface area contributed by atoms with Crippen LogP contribution in [0.4, 0.5) is 0 Å². The number of benzene rings is 11. The van der Waals surface area contributed by atoms with E-state index in [4.69, 9.17) is 15.0 Å². The molecule has 2 aliphatic rings. The zero-order valence-corrected chi connectivity index (χ0v) is 40.6. The Labute approximate surface area is 433 Å². The molecular formula is C70H43N5. The summed E-state index contributed by atoms with van der Waals surface area (Å²) in [7, 11) is 0. The molecule has 0 fully saturated rings. The average molecular weight is 954 g/mol. The lowest BCUT2D eigenvalue weighted by atomic mass is 9.70. The smallest absolute Gasteiger partial charge is 0.164 e. The Morgan fingerprint density at radius 3 is 1.20 bits per heavy atom. The molecule has 0 bridgehead atoms. The number of hydrogen-bond acceptors (Lipinski definition) is 3. The fourth-order valence-corrected chi connectivity index (χ4v) is 12.8. The molecule has 0 amide bonds. The third kappa shape index (κ3) is 5.98. The van der Waals surface area contributed by atoms with Gasteiger partial charge in [-0.1, -0.05) is 218 Å². The van der Waals surface area contributed by atoms with Gasteiger partial charge >= 0.3 is 0 Å². The Kier molecular flexibility index (Phi) is 8.89. The van der Waals surface area contributed by atoms with E-state index in [1.165, 1.54) is 93.7 Å². The molecule has 0 saturated heterocycles. The molecule has 1 unspecified atom stereocenters. The van der Waals surface area contributed by atoms with Crippen molar-refractivity contribution in [3.63, 3.8) is 0 Å². The summed E-state index contributed by atoms with van der Waals surface area (Å²) in [6.07, 6.45) is 0. The minimum absolute atomic E-state index is 0.635. The van der Waals surface area contributed by atoms with E-state index in [9.17, 15) is 0 Å². The van der Waals surface area contributed by atoms with E-state index < -0.39 is 5.41 Å². The molecule has 0 aliphatic heterocycles. The molecule has 75 heavy (non-hydrogen) atoms. The van der Waals surface area contributed by atoms with Gasteiger partial charge in [0.2, 0.25) is 0 Å². The zero-order chi connectivity index (χ0) is 49.2. The van der Waals surface area contributed by atoms with Crippen molar-refractivity contribution >= 4 is 43.6 Å². The molecule has 1 spiro atoms. The summed E-state index contributed by atoms with van der Waals surface area (Å²) in [5.74, 6) is 1.92. The van der Waals surface area contributed by atoms with E-state index >= 15 is 0 Å². The fraction of sp³-hybridized carbons (Fsp3) is 0.0143. The van der Waals surface area contributed by atoms with Crippen LogP contribution in [0, 0.1) is 0 Å². The van der Waals surface area contributed by atoms with Gasteiger partial charge in [-0.3, -0.25) is 0 Å². The molecule has 5 nitrogen and oxygen atoms in total. The highest BCUT2D eigenvalue weighted by atomic mass is 15.1. The minimum atomic E-state index is -0.648. The van der Waals surface area contributed by atoms with Crippen molar-refractivity contribution in [2.45, 2.75) is 5.41 Å². The maximum atomic E-state index is 5.24. The number of nitrogens with zero attached hydrogens (tertiary/aromatic N) is 5. The second kappa shape index (κ2) is 16.0. The van der Waals surface area contributed by atoms with Crippen LogP contribution in [-0.4, -0.2) is 24.1 Å². The lowest BCUT2D eigenvalue weighted by molar-refractivity contribution is 0.792. The van der Waals surface area contributed by atoms with Crippen LogP contribution in [0.2, 0.25) is 0 Å². The second-order valence-electron chi connectivity index (χ2n) is 19.8. The molecule has 348 valence electrons. The maximum Gasteiger partial charge on any atom is 0.164 e. The first-order valence-electron chi connectivity index (χ1n) is 25.7. The van der Waals surface area contributed by atoms with Crippen molar-refractivity contribution in [3.8, 4) is 78.9 Å². The average Bonchev–Trinajstić information content (AvgIpc) is 4.21. The highest BCUT2D eigenvalue weighted by Gasteiger charge is 2.52. The summed E-state index contributed by atoms with van der Waals surface area (Å²) >= 11 is 0. The topological polar surface area (TPSA) is 48.5 Å². The second-order valence-corrected chi connectivity index (χ2v) is 19.8. The van der Waals surface area contributed by atoms with E-state index in [1.54, 1.807) is 0 Å². The minimum Gasteiger partial charge on any atom is -0.307 e. The standard InChI is InChI=1S/C70H43N5/c1-4-18-44(19-5-1)45-32-35-49(36-33-45)74-63-30-16-12-26-55(63)57-40-41-58-56-27-13-17-31-64(56)75(66(58)65(57)74)50-37-39-54-52-25-11-15-29-60(52)70(62(54)43-50)59-28-14-10-24-51(59)53-38-34-48(42-61(53)70)69-72-67(46-20-6-2-7-21-46)71-68(73-69)47-22-8-3-9-23-47/h1-43H. The van der Waals surface area contributed by atoms with Crippen molar-refractivity contribution in [3.05, 3.63) is 283 Å². The summed E-state index contributed by atoms with van der Waals surface area (Å²) in [6.45, 7) is 0. The van der Waals surface area contributed by atoms with Gasteiger partial charge in [-0.25, -0.2) is 15.0 Å². The predicted octanol–water partition coefficient (Wildman–Crippen LogP) is 17.1. The summed E-state index contributed by atoms with van der Waals surface area (Å²) < 4.78 is 5.03. The largest absolute Gasteiger partial charge is 0.307 e. The number of hydrogen-bond donors (Lipinski definition) is 0. The normalized spacial score (nSPS) is 14.2. The van der Waals surface area contributed by atoms with E-state index in [-0.39, 0.29) is 0 Å². The fourth-order valence-electron chi connectivity index (χ4n) is 12.8. The molecule has 0 radical (unpaired) electrons. The third-order valence-electron chi connectivity index (χ3n) is 16.0. The van der Waals surface area contributed by atoms with E-state index in [1.807, 2.05) is 36.4 Å². The molecular weight excluding hydrogens is 911 g/mol. The molecule has 3 aromatic heterocycles.